The van der Waals surface area contributed by atoms with Crippen molar-refractivity contribution >= 4 is 17.7 Å². The van der Waals surface area contributed by atoms with Crippen LogP contribution in [0.5, 0.6) is 0 Å². The van der Waals surface area contributed by atoms with Crippen LogP contribution in [-0.4, -0.2) is 49.4 Å². The number of piperidine rings is 1. The minimum atomic E-state index is -0.173. The maximum atomic E-state index is 13.1. The van der Waals surface area contributed by atoms with E-state index in [1.807, 2.05) is 21.3 Å². The molecule has 3 heterocycles. The van der Waals surface area contributed by atoms with E-state index in [0.29, 0.717) is 5.25 Å². The Kier molecular flexibility index (Phi) is 5.24. The molecule has 4 rings (SSSR count). The number of carbonyl (C=O) groups excluding carboxylic acids is 1. The summed E-state index contributed by atoms with van der Waals surface area (Å²) in [7, 11) is 0. The molecular formula is C19H25N5OS. The monoisotopic (exact) mass is 371 g/mol. The van der Waals surface area contributed by atoms with Gasteiger partial charge in [0.1, 0.15) is 0 Å². The Hall–Kier alpha value is -1.89. The number of thioether (sulfide) groups is 1. The largest absolute Gasteiger partial charge is 0.342 e. The molecule has 1 saturated heterocycles. The first kappa shape index (κ1) is 17.5. The minimum Gasteiger partial charge on any atom is -0.342 e. The van der Waals surface area contributed by atoms with Gasteiger partial charge in [0.2, 0.25) is 5.91 Å². The van der Waals surface area contributed by atoms with Gasteiger partial charge in [0.15, 0.2) is 5.82 Å². The van der Waals surface area contributed by atoms with Gasteiger partial charge in [-0.05, 0) is 55.2 Å². The Bertz CT molecular complexity index is 769. The topological polar surface area (TPSA) is 63.9 Å². The first-order valence-electron chi connectivity index (χ1n) is 9.49. The van der Waals surface area contributed by atoms with Crippen LogP contribution in [0.25, 0.3) is 0 Å². The third-order valence-electron chi connectivity index (χ3n) is 5.33. The van der Waals surface area contributed by atoms with Crippen LogP contribution in [0.2, 0.25) is 0 Å². The quantitative estimate of drug-likeness (QED) is 0.830. The fraction of sp³-hybridized carbons (Fsp3) is 0.579. The summed E-state index contributed by atoms with van der Waals surface area (Å²) in [6, 6.07) is 8.67. The third kappa shape index (κ3) is 3.77. The number of hydrogen-bond acceptors (Lipinski definition) is 5. The Morgan fingerprint density at radius 3 is 2.81 bits per heavy atom. The maximum absolute atomic E-state index is 13.1. The van der Waals surface area contributed by atoms with Gasteiger partial charge < -0.3 is 4.90 Å². The van der Waals surface area contributed by atoms with E-state index >= 15 is 0 Å². The summed E-state index contributed by atoms with van der Waals surface area (Å²) in [5, 5.41) is 12.5. The lowest BCUT2D eigenvalue weighted by Crippen LogP contribution is -2.42. The van der Waals surface area contributed by atoms with Gasteiger partial charge in [-0.1, -0.05) is 24.1 Å². The van der Waals surface area contributed by atoms with Crippen molar-refractivity contribution in [2.24, 2.45) is 0 Å². The molecule has 0 bridgehead atoms. The molecule has 0 spiro atoms. The van der Waals surface area contributed by atoms with E-state index in [1.165, 1.54) is 10.5 Å². The molecule has 138 valence electrons. The zero-order valence-corrected chi connectivity index (χ0v) is 16.0. The lowest BCUT2D eigenvalue weighted by molar-refractivity contribution is -0.134. The molecule has 1 unspecified atom stereocenters. The van der Waals surface area contributed by atoms with Gasteiger partial charge >= 0.3 is 0 Å². The predicted octanol–water partition coefficient (Wildman–Crippen LogP) is 3.03. The first-order valence-corrected chi connectivity index (χ1v) is 10.4. The number of carbonyl (C=O) groups is 1. The Labute approximate surface area is 158 Å². The van der Waals surface area contributed by atoms with Crippen LogP contribution in [0.3, 0.4) is 0 Å². The Morgan fingerprint density at radius 2 is 2.00 bits per heavy atom. The van der Waals surface area contributed by atoms with E-state index in [1.54, 1.807) is 0 Å². The second-order valence-corrected chi connectivity index (χ2v) is 8.64. The van der Waals surface area contributed by atoms with Crippen LogP contribution < -0.4 is 0 Å². The number of hydrogen-bond donors (Lipinski definition) is 0. The Balaban J connectivity index is 1.37. The number of aromatic nitrogens is 4. The van der Waals surface area contributed by atoms with Crippen molar-refractivity contribution < 1.29 is 4.79 Å². The fourth-order valence-corrected chi connectivity index (χ4v) is 5.13. The summed E-state index contributed by atoms with van der Waals surface area (Å²) in [6.07, 6.45) is 5.03. The van der Waals surface area contributed by atoms with Crippen LogP contribution in [0.15, 0.2) is 29.2 Å². The summed E-state index contributed by atoms with van der Waals surface area (Å²) in [6.45, 7) is 4.62. The van der Waals surface area contributed by atoms with Crippen molar-refractivity contribution in [1.29, 1.82) is 0 Å². The number of aryl methyl sites for hydroxylation is 2. The van der Waals surface area contributed by atoms with E-state index in [2.05, 4.69) is 46.7 Å². The molecule has 1 amide bonds. The molecule has 0 radical (unpaired) electrons. The van der Waals surface area contributed by atoms with Crippen molar-refractivity contribution in [3.8, 4) is 0 Å². The van der Waals surface area contributed by atoms with Gasteiger partial charge in [0, 0.05) is 29.8 Å². The summed E-state index contributed by atoms with van der Waals surface area (Å²) in [4.78, 5) is 16.4. The van der Waals surface area contributed by atoms with Gasteiger partial charge in [0.05, 0.1) is 5.92 Å². The molecule has 0 saturated carbocycles. The van der Waals surface area contributed by atoms with E-state index in [4.69, 9.17) is 0 Å². The standard InChI is InChI=1S/C19H25N5OS/c1-14-5-4-6-16(13-14)26-15-8-11-23(12-9-15)19(25)17-7-2-3-10-24-18(17)20-21-22-24/h4-6,13,15,17H,2-3,7-12H2,1H3. The average molecular weight is 372 g/mol. The van der Waals surface area contributed by atoms with E-state index in [0.717, 1.165) is 57.6 Å². The van der Waals surface area contributed by atoms with Crippen LogP contribution in [-0.2, 0) is 11.3 Å². The maximum Gasteiger partial charge on any atom is 0.233 e. The number of likely N-dealkylation sites (tertiary alicyclic amines) is 1. The van der Waals surface area contributed by atoms with E-state index in [-0.39, 0.29) is 11.8 Å². The van der Waals surface area contributed by atoms with Gasteiger partial charge in [-0.2, -0.15) is 0 Å². The summed E-state index contributed by atoms with van der Waals surface area (Å²) < 4.78 is 1.82. The molecule has 2 aromatic rings. The van der Waals surface area contributed by atoms with Crippen molar-refractivity contribution in [3.05, 3.63) is 35.7 Å². The summed E-state index contributed by atoms with van der Waals surface area (Å²) in [5.41, 5.74) is 1.30. The molecular weight excluding hydrogens is 346 g/mol. The fourth-order valence-electron chi connectivity index (χ4n) is 3.89. The smallest absolute Gasteiger partial charge is 0.233 e. The van der Waals surface area contributed by atoms with Gasteiger partial charge in [-0.3, -0.25) is 4.79 Å². The van der Waals surface area contributed by atoms with Crippen LogP contribution in [0.4, 0.5) is 0 Å². The van der Waals surface area contributed by atoms with Gasteiger partial charge in [-0.25, -0.2) is 4.68 Å². The molecule has 0 N–H and O–H groups in total. The third-order valence-corrected chi connectivity index (χ3v) is 6.66. The number of nitrogens with zero attached hydrogens (tertiary/aromatic N) is 5. The molecule has 26 heavy (non-hydrogen) atoms. The highest BCUT2D eigenvalue weighted by Gasteiger charge is 2.33. The van der Waals surface area contributed by atoms with Crippen molar-refractivity contribution in [3.63, 3.8) is 0 Å². The Morgan fingerprint density at radius 1 is 1.15 bits per heavy atom. The van der Waals surface area contributed by atoms with Crippen LogP contribution in [0, 0.1) is 6.92 Å². The molecule has 1 aromatic heterocycles. The van der Waals surface area contributed by atoms with Crippen LogP contribution in [0.1, 0.15) is 49.4 Å². The second-order valence-electron chi connectivity index (χ2n) is 7.27. The summed E-state index contributed by atoms with van der Waals surface area (Å²) >= 11 is 1.95. The SMILES string of the molecule is Cc1cccc(SC2CCN(C(=O)C3CCCCn4nnnc43)CC2)c1. The lowest BCUT2D eigenvalue weighted by Gasteiger charge is -2.33. The van der Waals surface area contributed by atoms with Crippen molar-refractivity contribution in [2.75, 3.05) is 13.1 Å². The average Bonchev–Trinajstić information content (AvgIpc) is 3.01. The van der Waals surface area contributed by atoms with Crippen molar-refractivity contribution in [2.45, 2.75) is 61.6 Å². The van der Waals surface area contributed by atoms with Crippen molar-refractivity contribution in [1.82, 2.24) is 25.1 Å². The normalized spacial score (nSPS) is 21.3. The first-order chi connectivity index (χ1) is 12.7. The van der Waals surface area contributed by atoms with Gasteiger partial charge in [0.25, 0.3) is 0 Å². The number of benzene rings is 1. The van der Waals surface area contributed by atoms with E-state index < -0.39 is 0 Å². The number of fused-ring (bicyclic) bond motifs is 1. The van der Waals surface area contributed by atoms with E-state index in [9.17, 15) is 4.79 Å². The number of rotatable bonds is 3. The molecule has 2 aliphatic heterocycles. The minimum absolute atomic E-state index is 0.173. The molecule has 0 aliphatic carbocycles. The molecule has 1 fully saturated rings. The lowest BCUT2D eigenvalue weighted by atomic mass is 9.99. The number of amides is 1. The zero-order chi connectivity index (χ0) is 17.9. The van der Waals surface area contributed by atoms with Gasteiger partial charge in [-0.15, -0.1) is 16.9 Å². The highest BCUT2D eigenvalue weighted by atomic mass is 32.2. The summed E-state index contributed by atoms with van der Waals surface area (Å²) in [5.74, 6) is 0.791. The molecule has 1 atom stereocenters. The molecule has 2 aliphatic rings. The highest BCUT2D eigenvalue weighted by Crippen LogP contribution is 2.33. The molecule has 7 heteroatoms. The predicted molar refractivity (Wildman–Crippen MR) is 101 cm³/mol. The second kappa shape index (κ2) is 7.78. The number of tetrazole rings is 1. The molecule has 1 aromatic carbocycles. The van der Waals surface area contributed by atoms with Crippen LogP contribution >= 0.6 is 11.8 Å². The highest BCUT2D eigenvalue weighted by molar-refractivity contribution is 8.00. The zero-order valence-electron chi connectivity index (χ0n) is 15.2. The molecule has 6 nitrogen and oxygen atoms in total.